The summed E-state index contributed by atoms with van der Waals surface area (Å²) < 4.78 is 48.9. The number of aromatic nitrogens is 3. The van der Waals surface area contributed by atoms with Gasteiger partial charge in [0.2, 0.25) is 11.9 Å². The number of nitrogen functional groups attached to an aromatic ring is 1. The first-order chi connectivity index (χ1) is 23.0. The average molecular weight is 685 g/mol. The molecular weight excluding hydrogens is 663 g/mol. The second-order valence-corrected chi connectivity index (χ2v) is 11.8. The zero-order valence-corrected chi connectivity index (χ0v) is 25.9. The number of fused-ring (bicyclic) bond motifs is 1. The van der Waals surface area contributed by atoms with Gasteiger partial charge < -0.3 is 21.5 Å². The minimum Gasteiger partial charge on any atom is -0.505 e. The van der Waals surface area contributed by atoms with Crippen molar-refractivity contribution in [2.75, 3.05) is 16.4 Å². The van der Waals surface area contributed by atoms with E-state index in [2.05, 4.69) is 46.0 Å². The molecule has 0 aliphatic rings. The van der Waals surface area contributed by atoms with E-state index in [-0.39, 0.29) is 39.7 Å². The van der Waals surface area contributed by atoms with E-state index in [1.165, 1.54) is 24.3 Å². The highest BCUT2D eigenvalue weighted by atomic mass is 35.5. The maximum atomic E-state index is 14.2. The fraction of sp³-hybridized carbons (Fsp3) is 0. The summed E-state index contributed by atoms with van der Waals surface area (Å²) in [6.07, 6.45) is -1.05. The predicted molar refractivity (Wildman–Crippen MR) is 179 cm³/mol. The molecule has 240 valence electrons. The lowest BCUT2D eigenvalue weighted by molar-refractivity contribution is 0.472. The number of rotatable bonds is 9. The smallest absolute Gasteiger partial charge is 0.315 e. The van der Waals surface area contributed by atoms with Crippen molar-refractivity contribution in [3.8, 4) is 5.75 Å². The number of nitrogens with one attached hydrogen (secondary N) is 2. The van der Waals surface area contributed by atoms with Crippen LogP contribution in [0.15, 0.2) is 122 Å². The lowest BCUT2D eigenvalue weighted by atomic mass is 10.1. The molecule has 6 aromatic rings. The lowest BCUT2D eigenvalue weighted by Crippen LogP contribution is -2.06. The molecule has 0 fully saturated rings. The van der Waals surface area contributed by atoms with Crippen molar-refractivity contribution in [1.82, 2.24) is 15.0 Å². The van der Waals surface area contributed by atoms with Crippen molar-refractivity contribution >= 4 is 84.2 Å². The lowest BCUT2D eigenvalue weighted by Gasteiger charge is -2.12. The molecule has 1 aromatic heterocycles. The maximum absolute atomic E-state index is 14.2. The van der Waals surface area contributed by atoms with Gasteiger partial charge in [0.15, 0.2) is 5.75 Å². The van der Waals surface area contributed by atoms with Gasteiger partial charge in [-0.15, -0.1) is 10.2 Å². The Morgan fingerprint density at radius 2 is 1.40 bits per heavy atom. The number of nitrogens with zero attached hydrogens (tertiary/aromatic N) is 7. The number of phenolic OH excluding ortho intramolecular Hbond substituents is 1. The first-order valence-electron chi connectivity index (χ1n) is 13.8. The molecule has 14 nitrogen and oxygen atoms in total. The van der Waals surface area contributed by atoms with Gasteiger partial charge in [0.05, 0.1) is 22.4 Å². The van der Waals surface area contributed by atoms with E-state index in [4.69, 9.17) is 17.3 Å². The van der Waals surface area contributed by atoms with Crippen molar-refractivity contribution in [1.29, 1.82) is 0 Å². The highest BCUT2D eigenvalue weighted by Gasteiger charge is 2.24. The number of halogens is 2. The molecule has 0 atom stereocenters. The second kappa shape index (κ2) is 13.3. The van der Waals surface area contributed by atoms with Crippen LogP contribution in [0.4, 0.5) is 56.1 Å². The zero-order valence-electron chi connectivity index (χ0n) is 24.3. The summed E-state index contributed by atoms with van der Waals surface area (Å²) >= 11 is 6.00. The van der Waals surface area contributed by atoms with Crippen LogP contribution in [0.2, 0.25) is 5.02 Å². The Labute approximate surface area is 276 Å². The Morgan fingerprint density at radius 3 is 2.08 bits per heavy atom. The van der Waals surface area contributed by atoms with Crippen LogP contribution in [0.1, 0.15) is 0 Å². The van der Waals surface area contributed by atoms with Gasteiger partial charge >= 0.3 is 6.08 Å². The van der Waals surface area contributed by atoms with Gasteiger partial charge in [-0.1, -0.05) is 48.0 Å². The summed E-state index contributed by atoms with van der Waals surface area (Å²) in [6, 6.07) is 25.8. The van der Waals surface area contributed by atoms with Crippen LogP contribution in [0.25, 0.3) is 10.8 Å². The molecule has 0 bridgehead atoms. The molecule has 1 heterocycles. The minimum atomic E-state index is -4.88. The SMILES string of the molecule is Nc1c(/N=N/c2ccccc2)ccc2cc(S(=O)(=O)O)c(/N=N/c3cccc(Nc4nc(F)nc(Nc5cccc(Cl)c5)n4)c3)c(O)c12. The molecule has 0 aliphatic carbocycles. The van der Waals surface area contributed by atoms with Crippen LogP contribution in [-0.4, -0.2) is 33.0 Å². The third kappa shape index (κ3) is 7.31. The van der Waals surface area contributed by atoms with E-state index in [1.54, 1.807) is 60.7 Å². The molecule has 6 rings (SSSR count). The van der Waals surface area contributed by atoms with Crippen LogP contribution in [0, 0.1) is 6.08 Å². The van der Waals surface area contributed by atoms with Gasteiger partial charge in [0.25, 0.3) is 10.1 Å². The molecule has 0 saturated carbocycles. The largest absolute Gasteiger partial charge is 0.505 e. The fourth-order valence-corrected chi connectivity index (χ4v) is 5.33. The standard InChI is InChI=1S/C31H22ClFN10O4S/c32-18-6-4-9-20(15-18)35-30-37-29(33)38-31(39-30)36-21-10-5-11-22(16-21)41-43-27-24(48(45,46)47)14-17-12-13-23(26(34)25(17)28(27)44)42-40-19-7-2-1-3-8-19/h1-16,44H,34H2,(H,45,46,47)(H2,35,36,37,38,39)/b42-40+,43-41+. The van der Waals surface area contributed by atoms with Gasteiger partial charge in [-0.05, 0) is 66.0 Å². The topological polar surface area (TPSA) is 213 Å². The molecule has 48 heavy (non-hydrogen) atoms. The van der Waals surface area contributed by atoms with Gasteiger partial charge in [0, 0.05) is 16.4 Å². The van der Waals surface area contributed by atoms with Gasteiger partial charge in [-0.3, -0.25) is 4.55 Å². The Kier molecular flexibility index (Phi) is 8.85. The second-order valence-electron chi connectivity index (χ2n) is 9.94. The third-order valence-corrected chi connectivity index (χ3v) is 7.70. The van der Waals surface area contributed by atoms with E-state index in [0.29, 0.717) is 22.1 Å². The Bertz CT molecular complexity index is 2350. The summed E-state index contributed by atoms with van der Waals surface area (Å²) in [4.78, 5) is 10.8. The molecule has 0 aliphatic heterocycles. The van der Waals surface area contributed by atoms with E-state index >= 15 is 0 Å². The Hall–Kier alpha value is -6.10. The highest BCUT2D eigenvalue weighted by Crippen LogP contribution is 2.46. The summed E-state index contributed by atoms with van der Waals surface area (Å²) in [7, 11) is -4.88. The number of azo groups is 2. The molecule has 6 N–H and O–H groups in total. The van der Waals surface area contributed by atoms with Crippen LogP contribution in [0.5, 0.6) is 5.75 Å². The van der Waals surface area contributed by atoms with Crippen molar-refractivity contribution < 1.29 is 22.5 Å². The highest BCUT2D eigenvalue weighted by molar-refractivity contribution is 7.86. The van der Waals surface area contributed by atoms with Crippen molar-refractivity contribution in [3.63, 3.8) is 0 Å². The molecule has 5 aromatic carbocycles. The minimum absolute atomic E-state index is 0.0111. The first-order valence-corrected chi connectivity index (χ1v) is 15.6. The number of benzene rings is 5. The van der Waals surface area contributed by atoms with Gasteiger partial charge in [-0.25, -0.2) is 0 Å². The summed E-state index contributed by atoms with van der Waals surface area (Å²) in [6.45, 7) is 0. The quantitative estimate of drug-likeness (QED) is 0.0555. The first kappa shape index (κ1) is 31.9. The zero-order chi connectivity index (χ0) is 33.8. The van der Waals surface area contributed by atoms with Crippen LogP contribution in [-0.2, 0) is 10.1 Å². The van der Waals surface area contributed by atoms with Crippen molar-refractivity contribution in [2.24, 2.45) is 20.5 Å². The third-order valence-electron chi connectivity index (χ3n) is 6.60. The number of phenols is 1. The maximum Gasteiger partial charge on any atom is 0.315 e. The summed E-state index contributed by atoms with van der Waals surface area (Å²) in [5.41, 5.74) is 7.55. The van der Waals surface area contributed by atoms with Crippen LogP contribution < -0.4 is 16.4 Å². The number of anilines is 5. The number of hydrogen-bond acceptors (Lipinski definition) is 13. The van der Waals surface area contributed by atoms with Crippen LogP contribution >= 0.6 is 11.6 Å². The average Bonchev–Trinajstić information content (AvgIpc) is 3.04. The van der Waals surface area contributed by atoms with E-state index < -0.39 is 32.5 Å². The fourth-order valence-electron chi connectivity index (χ4n) is 4.48. The van der Waals surface area contributed by atoms with Gasteiger partial charge in [-0.2, -0.15) is 38.0 Å². The normalized spacial score (nSPS) is 11.8. The Morgan fingerprint density at radius 1 is 0.750 bits per heavy atom. The monoisotopic (exact) mass is 684 g/mol. The Balaban J connectivity index is 1.31. The predicted octanol–water partition coefficient (Wildman–Crippen LogP) is 8.67. The van der Waals surface area contributed by atoms with Gasteiger partial charge in [0.1, 0.15) is 16.3 Å². The molecule has 0 saturated heterocycles. The number of nitrogens with two attached hydrogens (primary N) is 1. The summed E-state index contributed by atoms with van der Waals surface area (Å²) in [5.74, 6) is -0.887. The summed E-state index contributed by atoms with van der Waals surface area (Å²) in [5, 5.41) is 33.9. The molecule has 17 heteroatoms. The molecule has 0 amide bonds. The molecule has 0 unspecified atom stereocenters. The van der Waals surface area contributed by atoms with Crippen molar-refractivity contribution in [2.45, 2.75) is 4.90 Å². The van der Waals surface area contributed by atoms with Crippen LogP contribution in [0.3, 0.4) is 0 Å². The molecular formula is C31H22ClFN10O4S. The molecule has 0 spiro atoms. The van der Waals surface area contributed by atoms with E-state index in [1.807, 2.05) is 6.07 Å². The van der Waals surface area contributed by atoms with E-state index in [0.717, 1.165) is 6.07 Å². The van der Waals surface area contributed by atoms with Crippen molar-refractivity contribution in [3.05, 3.63) is 108 Å². The molecule has 0 radical (unpaired) electrons. The number of aromatic hydroxyl groups is 1. The van der Waals surface area contributed by atoms with E-state index in [9.17, 15) is 22.5 Å². The number of hydrogen-bond donors (Lipinski definition) is 5.